The third kappa shape index (κ3) is 2.44. The smallest absolute Gasteiger partial charge is 0.223 e. The Morgan fingerprint density at radius 2 is 2.05 bits per heavy atom. The number of carbonyl (C=O) groups is 1. The Morgan fingerprint density at radius 3 is 2.75 bits per heavy atom. The van der Waals surface area contributed by atoms with Gasteiger partial charge in [-0.3, -0.25) is 4.79 Å². The second-order valence-corrected chi connectivity index (χ2v) is 6.17. The summed E-state index contributed by atoms with van der Waals surface area (Å²) in [5.74, 6) is -0.0430. The lowest BCUT2D eigenvalue weighted by atomic mass is 9.78. The van der Waals surface area contributed by atoms with Gasteiger partial charge in [-0.2, -0.15) is 0 Å². The molecule has 1 heterocycles. The molecule has 2 aliphatic rings. The number of likely N-dealkylation sites (tertiary alicyclic amines) is 1. The van der Waals surface area contributed by atoms with Crippen LogP contribution in [0.5, 0.6) is 0 Å². The molecule has 1 aromatic carbocycles. The molecule has 108 valence electrons. The van der Waals surface area contributed by atoms with Gasteiger partial charge < -0.3 is 10.6 Å². The topological polar surface area (TPSA) is 46.3 Å². The Balaban J connectivity index is 1.80. The first-order valence-corrected chi connectivity index (χ1v) is 7.40. The first-order valence-electron chi connectivity index (χ1n) is 7.40. The van der Waals surface area contributed by atoms with Gasteiger partial charge in [-0.05, 0) is 49.8 Å². The van der Waals surface area contributed by atoms with E-state index in [1.165, 1.54) is 12.1 Å². The van der Waals surface area contributed by atoms with Crippen molar-refractivity contribution in [2.45, 2.75) is 56.7 Å². The molecule has 2 N–H and O–H groups in total. The number of nitrogens with two attached hydrogens (primary N) is 1. The number of hydrogen-bond acceptors (Lipinski definition) is 2. The van der Waals surface area contributed by atoms with Crippen molar-refractivity contribution in [1.82, 2.24) is 4.90 Å². The number of halogens is 1. The van der Waals surface area contributed by atoms with Gasteiger partial charge in [-0.15, -0.1) is 0 Å². The Kier molecular flexibility index (Phi) is 3.50. The highest BCUT2D eigenvalue weighted by Gasteiger charge is 2.46. The first-order chi connectivity index (χ1) is 9.59. The number of rotatable bonds is 2. The lowest BCUT2D eigenvalue weighted by Gasteiger charge is -2.43. The number of nitrogens with zero attached hydrogens (tertiary/aromatic N) is 1. The van der Waals surface area contributed by atoms with E-state index in [0.29, 0.717) is 13.0 Å². The number of carbonyl (C=O) groups excluding carboxylic acids is 1. The molecular weight excluding hydrogens is 255 g/mol. The zero-order valence-electron chi connectivity index (χ0n) is 11.6. The first kappa shape index (κ1) is 13.6. The fourth-order valence-electron chi connectivity index (χ4n) is 3.65. The molecular formula is C16H21FN2O. The number of amides is 1. The third-order valence-electron chi connectivity index (χ3n) is 4.87. The second kappa shape index (κ2) is 5.17. The van der Waals surface area contributed by atoms with Crippen molar-refractivity contribution in [2.24, 2.45) is 5.73 Å². The molecule has 1 amide bonds. The molecule has 0 aromatic heterocycles. The largest absolute Gasteiger partial charge is 0.333 e. The monoisotopic (exact) mass is 276 g/mol. The van der Waals surface area contributed by atoms with Crippen LogP contribution in [0.1, 0.15) is 44.1 Å². The molecule has 0 unspecified atom stereocenters. The average Bonchev–Trinajstić information content (AvgIpc) is 2.72. The van der Waals surface area contributed by atoms with Crippen LogP contribution in [0.15, 0.2) is 24.3 Å². The molecule has 0 radical (unpaired) electrons. The summed E-state index contributed by atoms with van der Waals surface area (Å²) in [6.45, 7) is 0.520. The average molecular weight is 276 g/mol. The molecule has 1 aliphatic carbocycles. The lowest BCUT2D eigenvalue weighted by molar-refractivity contribution is -0.133. The minimum Gasteiger partial charge on any atom is -0.333 e. The van der Waals surface area contributed by atoms with Crippen molar-refractivity contribution in [3.05, 3.63) is 35.6 Å². The molecule has 20 heavy (non-hydrogen) atoms. The van der Waals surface area contributed by atoms with E-state index < -0.39 is 0 Å². The summed E-state index contributed by atoms with van der Waals surface area (Å²) in [5.41, 5.74) is 6.83. The minimum atomic E-state index is -0.242. The van der Waals surface area contributed by atoms with Gasteiger partial charge >= 0.3 is 0 Å². The van der Waals surface area contributed by atoms with E-state index in [4.69, 9.17) is 5.73 Å². The normalized spacial score (nSPS) is 30.2. The fraction of sp³-hybridized carbons (Fsp3) is 0.562. The Labute approximate surface area is 118 Å². The van der Waals surface area contributed by atoms with Crippen molar-refractivity contribution in [1.29, 1.82) is 0 Å². The van der Waals surface area contributed by atoms with Crippen LogP contribution in [-0.2, 0) is 11.3 Å². The molecule has 1 spiro atoms. The Hall–Kier alpha value is -1.42. The van der Waals surface area contributed by atoms with Gasteiger partial charge in [-0.25, -0.2) is 4.39 Å². The number of benzene rings is 1. The summed E-state index contributed by atoms with van der Waals surface area (Å²) in [5, 5.41) is 0. The van der Waals surface area contributed by atoms with E-state index in [2.05, 4.69) is 0 Å². The van der Waals surface area contributed by atoms with Crippen LogP contribution >= 0.6 is 0 Å². The molecule has 0 atom stereocenters. The molecule has 3 nitrogen and oxygen atoms in total. The van der Waals surface area contributed by atoms with Crippen LogP contribution in [0.4, 0.5) is 4.39 Å². The molecule has 1 aromatic rings. The summed E-state index contributed by atoms with van der Waals surface area (Å²) < 4.78 is 13.3. The quantitative estimate of drug-likeness (QED) is 0.902. The van der Waals surface area contributed by atoms with Crippen LogP contribution in [0.3, 0.4) is 0 Å². The van der Waals surface area contributed by atoms with Crippen molar-refractivity contribution in [2.75, 3.05) is 0 Å². The molecule has 4 heteroatoms. The third-order valence-corrected chi connectivity index (χ3v) is 4.87. The van der Waals surface area contributed by atoms with Crippen molar-refractivity contribution >= 4 is 5.91 Å². The standard InChI is InChI=1S/C16H21FN2O/c17-13-3-1-2-12(10-13)11-19-15(20)6-9-16(19)7-4-14(18)5-8-16/h1-3,10,14H,4-9,11,18H2. The van der Waals surface area contributed by atoms with Gasteiger partial charge in [0.15, 0.2) is 0 Å². The van der Waals surface area contributed by atoms with Gasteiger partial charge in [0.05, 0.1) is 0 Å². The second-order valence-electron chi connectivity index (χ2n) is 6.17. The molecule has 1 aliphatic heterocycles. The van der Waals surface area contributed by atoms with Crippen molar-refractivity contribution in [3.63, 3.8) is 0 Å². The predicted molar refractivity (Wildman–Crippen MR) is 75.4 cm³/mol. The Morgan fingerprint density at radius 1 is 1.30 bits per heavy atom. The van der Waals surface area contributed by atoms with E-state index >= 15 is 0 Å². The highest BCUT2D eigenvalue weighted by Crippen LogP contribution is 2.42. The molecule has 1 saturated heterocycles. The van der Waals surface area contributed by atoms with Crippen LogP contribution < -0.4 is 5.73 Å². The number of hydrogen-bond donors (Lipinski definition) is 1. The maximum absolute atomic E-state index is 13.3. The summed E-state index contributed by atoms with van der Waals surface area (Å²) in [7, 11) is 0. The van der Waals surface area contributed by atoms with Crippen molar-refractivity contribution < 1.29 is 9.18 Å². The fourth-order valence-corrected chi connectivity index (χ4v) is 3.65. The molecule has 0 bridgehead atoms. The van der Waals surface area contributed by atoms with Crippen LogP contribution in [0.25, 0.3) is 0 Å². The SMILES string of the molecule is NC1CCC2(CCC(=O)N2Cc2cccc(F)c2)CC1. The van der Waals surface area contributed by atoms with E-state index in [1.807, 2.05) is 11.0 Å². The summed E-state index contributed by atoms with van der Waals surface area (Å²) in [6, 6.07) is 6.82. The highest BCUT2D eigenvalue weighted by molar-refractivity contribution is 5.79. The minimum absolute atomic E-state index is 0.0285. The van der Waals surface area contributed by atoms with Gasteiger partial charge in [0.25, 0.3) is 0 Å². The maximum atomic E-state index is 13.3. The highest BCUT2D eigenvalue weighted by atomic mass is 19.1. The van der Waals surface area contributed by atoms with E-state index in [9.17, 15) is 9.18 Å². The van der Waals surface area contributed by atoms with Gasteiger partial charge in [0.2, 0.25) is 5.91 Å². The zero-order valence-corrected chi connectivity index (χ0v) is 11.6. The van der Waals surface area contributed by atoms with E-state index in [-0.39, 0.29) is 23.3 Å². The maximum Gasteiger partial charge on any atom is 0.223 e. The Bertz CT molecular complexity index is 509. The van der Waals surface area contributed by atoms with Crippen LogP contribution in [0.2, 0.25) is 0 Å². The van der Waals surface area contributed by atoms with Crippen LogP contribution in [0, 0.1) is 5.82 Å². The summed E-state index contributed by atoms with van der Waals surface area (Å²) in [6.07, 6.45) is 5.46. The van der Waals surface area contributed by atoms with Gasteiger partial charge in [0.1, 0.15) is 5.82 Å². The van der Waals surface area contributed by atoms with E-state index in [1.54, 1.807) is 6.07 Å². The van der Waals surface area contributed by atoms with E-state index in [0.717, 1.165) is 37.7 Å². The summed E-state index contributed by atoms with van der Waals surface area (Å²) in [4.78, 5) is 14.2. The summed E-state index contributed by atoms with van der Waals surface area (Å²) >= 11 is 0. The van der Waals surface area contributed by atoms with Crippen LogP contribution in [-0.4, -0.2) is 22.4 Å². The molecule has 3 rings (SSSR count). The van der Waals surface area contributed by atoms with Crippen molar-refractivity contribution in [3.8, 4) is 0 Å². The van der Waals surface area contributed by atoms with Gasteiger partial charge in [0, 0.05) is 24.5 Å². The predicted octanol–water partition coefficient (Wildman–Crippen LogP) is 2.59. The lowest BCUT2D eigenvalue weighted by Crippen LogP contribution is -2.49. The molecule has 1 saturated carbocycles. The zero-order chi connectivity index (χ0) is 14.2. The molecule has 2 fully saturated rings. The van der Waals surface area contributed by atoms with Gasteiger partial charge in [-0.1, -0.05) is 12.1 Å².